The predicted octanol–water partition coefficient (Wildman–Crippen LogP) is 6.40. The lowest BCUT2D eigenvalue weighted by Crippen LogP contribution is -1.95. The highest BCUT2D eigenvalue weighted by molar-refractivity contribution is 6.33. The number of ether oxygens (including phenoxy) is 1. The standard InChI is InChI=1S/C22H18ClFN2O/c1-3-27-21-9-13(2)16(12-25-21)14-7-8-19-15(10-14)11-20(26-19)22-17(23)5-4-6-18(22)24/h4-12,26H,3H2,1-2H3. The van der Waals surface area contributed by atoms with Crippen LogP contribution < -0.4 is 4.74 Å². The highest BCUT2D eigenvalue weighted by Crippen LogP contribution is 2.34. The van der Waals surface area contributed by atoms with Crippen LogP contribution in [0.25, 0.3) is 33.3 Å². The van der Waals surface area contributed by atoms with Crippen LogP contribution >= 0.6 is 11.6 Å². The van der Waals surface area contributed by atoms with E-state index in [1.165, 1.54) is 6.07 Å². The molecule has 0 spiro atoms. The average Bonchev–Trinajstić information content (AvgIpc) is 3.04. The molecule has 0 unspecified atom stereocenters. The minimum atomic E-state index is -0.346. The van der Waals surface area contributed by atoms with Gasteiger partial charge in [-0.15, -0.1) is 0 Å². The lowest BCUT2D eigenvalue weighted by atomic mass is 10.0. The second-order valence-electron chi connectivity index (χ2n) is 6.35. The van der Waals surface area contributed by atoms with E-state index in [2.05, 4.69) is 16.0 Å². The monoisotopic (exact) mass is 380 g/mol. The van der Waals surface area contributed by atoms with Crippen LogP contribution in [0.15, 0.2) is 54.7 Å². The molecule has 0 radical (unpaired) electrons. The fraction of sp³-hybridized carbons (Fsp3) is 0.136. The van der Waals surface area contributed by atoms with Crippen LogP contribution in [0.1, 0.15) is 12.5 Å². The lowest BCUT2D eigenvalue weighted by Gasteiger charge is -2.08. The van der Waals surface area contributed by atoms with Crippen LogP contribution in [-0.4, -0.2) is 16.6 Å². The molecule has 2 aromatic heterocycles. The molecule has 1 N–H and O–H groups in total. The Kier molecular flexibility index (Phi) is 4.58. The first-order valence-electron chi connectivity index (χ1n) is 8.74. The molecule has 136 valence electrons. The summed E-state index contributed by atoms with van der Waals surface area (Å²) in [5.41, 5.74) is 5.13. The summed E-state index contributed by atoms with van der Waals surface area (Å²) in [6.07, 6.45) is 1.82. The quantitative estimate of drug-likeness (QED) is 0.445. The van der Waals surface area contributed by atoms with Gasteiger partial charge in [0, 0.05) is 28.7 Å². The minimum Gasteiger partial charge on any atom is -0.478 e. The normalized spacial score (nSPS) is 11.1. The Hall–Kier alpha value is -2.85. The summed E-state index contributed by atoms with van der Waals surface area (Å²) in [7, 11) is 0. The molecule has 0 saturated carbocycles. The fourth-order valence-corrected chi connectivity index (χ4v) is 3.51. The topological polar surface area (TPSA) is 37.9 Å². The van der Waals surface area contributed by atoms with Crippen molar-refractivity contribution in [1.82, 2.24) is 9.97 Å². The van der Waals surface area contributed by atoms with Crippen molar-refractivity contribution in [2.75, 3.05) is 6.61 Å². The largest absolute Gasteiger partial charge is 0.478 e. The number of benzene rings is 2. The second-order valence-corrected chi connectivity index (χ2v) is 6.76. The summed E-state index contributed by atoms with van der Waals surface area (Å²) in [5, 5.41) is 1.36. The molecule has 3 nitrogen and oxygen atoms in total. The zero-order chi connectivity index (χ0) is 19.0. The summed E-state index contributed by atoms with van der Waals surface area (Å²) >= 11 is 6.20. The second kappa shape index (κ2) is 7.05. The number of hydrogen-bond acceptors (Lipinski definition) is 2. The summed E-state index contributed by atoms with van der Waals surface area (Å²) in [5.74, 6) is 0.277. The average molecular weight is 381 g/mol. The van der Waals surface area contributed by atoms with Crippen molar-refractivity contribution < 1.29 is 9.13 Å². The Morgan fingerprint density at radius 3 is 2.74 bits per heavy atom. The van der Waals surface area contributed by atoms with Gasteiger partial charge in [0.1, 0.15) is 5.82 Å². The third-order valence-electron chi connectivity index (χ3n) is 4.54. The SMILES string of the molecule is CCOc1cc(C)c(-c2ccc3[nH]c(-c4c(F)cccc4Cl)cc3c2)cn1. The highest BCUT2D eigenvalue weighted by Gasteiger charge is 2.13. The van der Waals surface area contributed by atoms with E-state index in [-0.39, 0.29) is 5.82 Å². The number of pyridine rings is 1. The zero-order valence-electron chi connectivity index (χ0n) is 15.0. The van der Waals surface area contributed by atoms with Gasteiger partial charge < -0.3 is 9.72 Å². The van der Waals surface area contributed by atoms with Crippen LogP contribution in [-0.2, 0) is 0 Å². The first kappa shape index (κ1) is 17.6. The molecular weight excluding hydrogens is 363 g/mol. The van der Waals surface area contributed by atoms with E-state index < -0.39 is 0 Å². The maximum absolute atomic E-state index is 14.2. The van der Waals surface area contributed by atoms with Crippen LogP contribution in [0, 0.1) is 12.7 Å². The number of fused-ring (bicyclic) bond motifs is 1. The number of hydrogen-bond donors (Lipinski definition) is 1. The smallest absolute Gasteiger partial charge is 0.213 e. The minimum absolute atomic E-state index is 0.346. The molecule has 0 aliphatic carbocycles. The number of aromatic nitrogens is 2. The van der Waals surface area contributed by atoms with Crippen molar-refractivity contribution >= 4 is 22.5 Å². The van der Waals surface area contributed by atoms with Crippen LogP contribution in [0.2, 0.25) is 5.02 Å². The molecule has 4 rings (SSSR count). The predicted molar refractivity (Wildman–Crippen MR) is 108 cm³/mol. The summed E-state index contributed by atoms with van der Waals surface area (Å²) in [6.45, 7) is 4.55. The van der Waals surface area contributed by atoms with Gasteiger partial charge in [0.15, 0.2) is 0 Å². The van der Waals surface area contributed by atoms with E-state index in [1.54, 1.807) is 12.1 Å². The van der Waals surface area contributed by atoms with Gasteiger partial charge in [0.25, 0.3) is 0 Å². The highest BCUT2D eigenvalue weighted by atomic mass is 35.5. The van der Waals surface area contributed by atoms with E-state index in [9.17, 15) is 4.39 Å². The van der Waals surface area contributed by atoms with Crippen LogP contribution in [0.4, 0.5) is 4.39 Å². The fourth-order valence-electron chi connectivity index (χ4n) is 3.25. The number of nitrogens with one attached hydrogen (secondary N) is 1. The zero-order valence-corrected chi connectivity index (χ0v) is 15.8. The van der Waals surface area contributed by atoms with Gasteiger partial charge >= 0.3 is 0 Å². The Balaban J connectivity index is 1.78. The molecule has 0 bridgehead atoms. The maximum atomic E-state index is 14.2. The molecular formula is C22H18ClFN2O. The summed E-state index contributed by atoms with van der Waals surface area (Å²) in [6, 6.07) is 14.6. The van der Waals surface area contributed by atoms with Gasteiger partial charge in [-0.05, 0) is 55.3 Å². The number of nitrogens with zero attached hydrogens (tertiary/aromatic N) is 1. The Morgan fingerprint density at radius 1 is 1.15 bits per heavy atom. The molecule has 0 fully saturated rings. The van der Waals surface area contributed by atoms with Gasteiger partial charge in [-0.25, -0.2) is 9.37 Å². The number of halogens is 2. The first-order chi connectivity index (χ1) is 13.1. The Morgan fingerprint density at radius 2 is 2.00 bits per heavy atom. The van der Waals surface area contributed by atoms with E-state index in [0.717, 1.165) is 27.6 Å². The van der Waals surface area contributed by atoms with Crippen LogP contribution in [0.3, 0.4) is 0 Å². The molecule has 0 saturated heterocycles. The van der Waals surface area contributed by atoms with Crippen molar-refractivity contribution in [3.8, 4) is 28.3 Å². The van der Waals surface area contributed by atoms with E-state index >= 15 is 0 Å². The summed E-state index contributed by atoms with van der Waals surface area (Å²) < 4.78 is 19.7. The Labute approximate surface area is 161 Å². The Bertz CT molecular complexity index is 1120. The molecule has 27 heavy (non-hydrogen) atoms. The van der Waals surface area contributed by atoms with Crippen molar-refractivity contribution in [2.24, 2.45) is 0 Å². The maximum Gasteiger partial charge on any atom is 0.213 e. The van der Waals surface area contributed by atoms with Gasteiger partial charge in [0.05, 0.1) is 22.9 Å². The van der Waals surface area contributed by atoms with E-state index in [0.29, 0.717) is 28.8 Å². The number of rotatable bonds is 4. The van der Waals surface area contributed by atoms with Gasteiger partial charge in [-0.1, -0.05) is 23.7 Å². The van der Waals surface area contributed by atoms with E-state index in [1.807, 2.05) is 44.3 Å². The molecule has 2 aromatic carbocycles. The molecule has 2 heterocycles. The summed E-state index contributed by atoms with van der Waals surface area (Å²) in [4.78, 5) is 7.62. The third kappa shape index (κ3) is 3.28. The lowest BCUT2D eigenvalue weighted by molar-refractivity contribution is 0.326. The molecule has 5 heteroatoms. The number of H-pyrrole nitrogens is 1. The molecule has 0 amide bonds. The molecule has 0 atom stereocenters. The first-order valence-corrected chi connectivity index (χ1v) is 9.11. The molecule has 0 aliphatic heterocycles. The molecule has 0 aliphatic rings. The number of aryl methyl sites for hydroxylation is 1. The van der Waals surface area contributed by atoms with Crippen molar-refractivity contribution in [2.45, 2.75) is 13.8 Å². The number of aromatic amines is 1. The van der Waals surface area contributed by atoms with Gasteiger partial charge in [-0.2, -0.15) is 0 Å². The third-order valence-corrected chi connectivity index (χ3v) is 4.86. The molecule has 4 aromatic rings. The van der Waals surface area contributed by atoms with Gasteiger partial charge in [0.2, 0.25) is 5.88 Å². The van der Waals surface area contributed by atoms with Crippen molar-refractivity contribution in [1.29, 1.82) is 0 Å². The van der Waals surface area contributed by atoms with Crippen molar-refractivity contribution in [3.63, 3.8) is 0 Å². The van der Waals surface area contributed by atoms with Crippen LogP contribution in [0.5, 0.6) is 5.88 Å². The van der Waals surface area contributed by atoms with E-state index in [4.69, 9.17) is 16.3 Å². The van der Waals surface area contributed by atoms with Crippen molar-refractivity contribution in [3.05, 3.63) is 71.1 Å². The van der Waals surface area contributed by atoms with Gasteiger partial charge in [-0.3, -0.25) is 0 Å².